The number of thioether (sulfide) groups is 1. The predicted octanol–water partition coefficient (Wildman–Crippen LogP) is 5.84. The smallest absolute Gasteiger partial charge is 0.272 e. The normalized spacial score (nSPS) is 10.8. The van der Waals surface area contributed by atoms with Crippen molar-refractivity contribution in [3.63, 3.8) is 0 Å². The van der Waals surface area contributed by atoms with Crippen molar-refractivity contribution in [3.05, 3.63) is 126 Å². The lowest BCUT2D eigenvalue weighted by Gasteiger charge is -2.12. The molecule has 4 aromatic rings. The zero-order valence-corrected chi connectivity index (χ0v) is 22.0. The first-order valence-electron chi connectivity index (χ1n) is 12.1. The Morgan fingerprint density at radius 3 is 2.00 bits per heavy atom. The summed E-state index contributed by atoms with van der Waals surface area (Å²) in [4.78, 5) is 39.1. The van der Waals surface area contributed by atoms with Gasteiger partial charge in [0.15, 0.2) is 0 Å². The number of benzene rings is 4. The molecule has 0 saturated heterocycles. The number of nitrogens with one attached hydrogen (secondary N) is 3. The number of anilines is 2. The lowest BCUT2D eigenvalue weighted by Crippen LogP contribution is -2.30. The molecule has 4 aromatic carbocycles. The van der Waals surface area contributed by atoms with Crippen molar-refractivity contribution in [1.82, 2.24) is 5.32 Å². The summed E-state index contributed by atoms with van der Waals surface area (Å²) in [5.41, 5.74) is 2.54. The topological polar surface area (TPSA) is 96.5 Å². The van der Waals surface area contributed by atoms with E-state index < -0.39 is 11.8 Å². The summed E-state index contributed by atoms with van der Waals surface area (Å²) in [6, 6.07) is 32.2. The van der Waals surface area contributed by atoms with Crippen LogP contribution in [0.25, 0.3) is 6.08 Å². The Kier molecular flexibility index (Phi) is 9.52. The molecule has 8 heteroatoms. The minimum absolute atomic E-state index is 0.0880. The first-order valence-corrected chi connectivity index (χ1v) is 13.1. The molecule has 3 amide bonds. The van der Waals surface area contributed by atoms with Crippen LogP contribution in [0.3, 0.4) is 0 Å². The Bertz CT molecular complexity index is 1440. The van der Waals surface area contributed by atoms with Crippen molar-refractivity contribution in [3.8, 4) is 5.75 Å². The maximum Gasteiger partial charge on any atom is 0.272 e. The van der Waals surface area contributed by atoms with Crippen LogP contribution in [0.15, 0.2) is 120 Å². The Labute approximate surface area is 231 Å². The zero-order valence-electron chi connectivity index (χ0n) is 21.2. The van der Waals surface area contributed by atoms with Crippen LogP contribution in [-0.2, 0) is 9.59 Å². The van der Waals surface area contributed by atoms with Gasteiger partial charge in [-0.1, -0.05) is 48.5 Å². The first kappa shape index (κ1) is 27.2. The van der Waals surface area contributed by atoms with Crippen molar-refractivity contribution in [1.29, 1.82) is 0 Å². The lowest BCUT2D eigenvalue weighted by molar-refractivity contribution is -0.114. The fraction of sp³-hybridized carbons (Fsp3) is 0.0645. The van der Waals surface area contributed by atoms with Crippen LogP contribution in [0.1, 0.15) is 15.9 Å². The summed E-state index contributed by atoms with van der Waals surface area (Å²) in [5.74, 6) is -0.0438. The third-order valence-electron chi connectivity index (χ3n) is 5.50. The second-order valence-corrected chi connectivity index (χ2v) is 9.38. The van der Waals surface area contributed by atoms with Gasteiger partial charge >= 0.3 is 0 Å². The van der Waals surface area contributed by atoms with Crippen molar-refractivity contribution in [2.45, 2.75) is 4.90 Å². The van der Waals surface area contributed by atoms with E-state index in [4.69, 9.17) is 4.74 Å². The summed E-state index contributed by atoms with van der Waals surface area (Å²) in [6.07, 6.45) is 1.60. The molecular formula is C31H27N3O4S. The van der Waals surface area contributed by atoms with Gasteiger partial charge in [0.05, 0.1) is 12.9 Å². The van der Waals surface area contributed by atoms with Gasteiger partial charge in [-0.3, -0.25) is 14.4 Å². The summed E-state index contributed by atoms with van der Waals surface area (Å²) in [7, 11) is 1.58. The Balaban J connectivity index is 1.41. The van der Waals surface area contributed by atoms with Gasteiger partial charge in [0, 0.05) is 21.8 Å². The van der Waals surface area contributed by atoms with E-state index in [9.17, 15) is 14.4 Å². The van der Waals surface area contributed by atoms with Crippen LogP contribution in [0.2, 0.25) is 0 Å². The number of amides is 3. The predicted molar refractivity (Wildman–Crippen MR) is 156 cm³/mol. The zero-order chi connectivity index (χ0) is 27.5. The SMILES string of the molecule is COc1ccc(/C=C(\NC(=O)c2ccccc2)C(=O)Nc2ccc(SCC(=O)Nc3ccccc3)cc2)cc1. The fourth-order valence-corrected chi connectivity index (χ4v) is 4.21. The van der Waals surface area contributed by atoms with Gasteiger partial charge in [-0.05, 0) is 72.3 Å². The molecule has 0 aliphatic heterocycles. The molecule has 0 aliphatic rings. The Morgan fingerprint density at radius 2 is 1.36 bits per heavy atom. The summed E-state index contributed by atoms with van der Waals surface area (Å²) >= 11 is 1.39. The molecule has 196 valence electrons. The number of ether oxygens (including phenoxy) is 1. The highest BCUT2D eigenvalue weighted by molar-refractivity contribution is 8.00. The maximum absolute atomic E-state index is 13.2. The highest BCUT2D eigenvalue weighted by atomic mass is 32.2. The molecule has 7 nitrogen and oxygen atoms in total. The molecular weight excluding hydrogens is 510 g/mol. The highest BCUT2D eigenvalue weighted by Gasteiger charge is 2.15. The molecule has 0 aliphatic carbocycles. The van der Waals surface area contributed by atoms with Gasteiger partial charge in [0.25, 0.3) is 11.8 Å². The average molecular weight is 538 g/mol. The standard InChI is InChI=1S/C31H27N3O4S/c1-38-26-16-12-22(13-17-26)20-28(34-30(36)23-8-4-2-5-9-23)31(37)33-25-14-18-27(19-15-25)39-21-29(35)32-24-10-6-3-7-11-24/h2-20H,21H2,1H3,(H,32,35)(H,33,37)(H,34,36)/b28-20-. The van der Waals surface area contributed by atoms with E-state index in [2.05, 4.69) is 16.0 Å². The van der Waals surface area contributed by atoms with E-state index in [1.807, 2.05) is 48.5 Å². The lowest BCUT2D eigenvalue weighted by atomic mass is 10.1. The van der Waals surface area contributed by atoms with Crippen LogP contribution < -0.4 is 20.7 Å². The molecule has 39 heavy (non-hydrogen) atoms. The number of methoxy groups -OCH3 is 1. The van der Waals surface area contributed by atoms with Crippen LogP contribution in [0, 0.1) is 0 Å². The molecule has 0 saturated carbocycles. The van der Waals surface area contributed by atoms with Gasteiger partial charge < -0.3 is 20.7 Å². The van der Waals surface area contributed by atoms with Crippen LogP contribution in [-0.4, -0.2) is 30.6 Å². The highest BCUT2D eigenvalue weighted by Crippen LogP contribution is 2.21. The van der Waals surface area contributed by atoms with E-state index in [0.29, 0.717) is 17.0 Å². The Morgan fingerprint density at radius 1 is 0.744 bits per heavy atom. The van der Waals surface area contributed by atoms with Gasteiger partial charge in [-0.15, -0.1) is 11.8 Å². The second-order valence-electron chi connectivity index (χ2n) is 8.33. The second kappa shape index (κ2) is 13.6. The van der Waals surface area contributed by atoms with E-state index in [1.165, 1.54) is 11.8 Å². The van der Waals surface area contributed by atoms with Crippen molar-refractivity contribution in [2.75, 3.05) is 23.5 Å². The quantitative estimate of drug-likeness (QED) is 0.175. The van der Waals surface area contributed by atoms with E-state index >= 15 is 0 Å². The van der Waals surface area contributed by atoms with Crippen LogP contribution in [0.5, 0.6) is 5.75 Å². The summed E-state index contributed by atoms with van der Waals surface area (Å²) in [5, 5.41) is 8.41. The molecule has 3 N–H and O–H groups in total. The molecule has 4 rings (SSSR count). The number of carbonyl (C=O) groups excluding carboxylic acids is 3. The fourth-order valence-electron chi connectivity index (χ4n) is 3.51. The average Bonchev–Trinajstić information content (AvgIpc) is 2.97. The van der Waals surface area contributed by atoms with E-state index in [1.54, 1.807) is 73.8 Å². The largest absolute Gasteiger partial charge is 0.497 e. The number of para-hydroxylation sites is 1. The monoisotopic (exact) mass is 537 g/mol. The number of hydrogen-bond acceptors (Lipinski definition) is 5. The van der Waals surface area contributed by atoms with Gasteiger partial charge in [0.2, 0.25) is 5.91 Å². The molecule has 0 fully saturated rings. The molecule has 0 unspecified atom stereocenters. The Hall–Kier alpha value is -4.82. The first-order chi connectivity index (χ1) is 19.0. The minimum Gasteiger partial charge on any atom is -0.497 e. The van der Waals surface area contributed by atoms with Crippen LogP contribution in [0.4, 0.5) is 11.4 Å². The van der Waals surface area contributed by atoms with E-state index in [-0.39, 0.29) is 17.4 Å². The molecule has 0 aromatic heterocycles. The number of hydrogen-bond donors (Lipinski definition) is 3. The minimum atomic E-state index is -0.474. The van der Waals surface area contributed by atoms with Gasteiger partial charge in [-0.2, -0.15) is 0 Å². The maximum atomic E-state index is 13.2. The molecule has 0 heterocycles. The molecule has 0 atom stereocenters. The summed E-state index contributed by atoms with van der Waals surface area (Å²) < 4.78 is 5.20. The third kappa shape index (κ3) is 8.34. The van der Waals surface area contributed by atoms with Crippen LogP contribution >= 0.6 is 11.8 Å². The number of rotatable bonds is 10. The molecule has 0 spiro atoms. The van der Waals surface area contributed by atoms with Crippen molar-refractivity contribution in [2.24, 2.45) is 0 Å². The van der Waals surface area contributed by atoms with Crippen molar-refractivity contribution < 1.29 is 19.1 Å². The third-order valence-corrected chi connectivity index (χ3v) is 6.51. The molecule has 0 bridgehead atoms. The number of carbonyl (C=O) groups is 3. The van der Waals surface area contributed by atoms with Crippen molar-refractivity contribution >= 4 is 46.9 Å². The molecule has 0 radical (unpaired) electrons. The summed E-state index contributed by atoms with van der Waals surface area (Å²) in [6.45, 7) is 0. The van der Waals surface area contributed by atoms with Gasteiger partial charge in [-0.25, -0.2) is 0 Å². The van der Waals surface area contributed by atoms with E-state index in [0.717, 1.165) is 16.1 Å². The van der Waals surface area contributed by atoms with Gasteiger partial charge in [0.1, 0.15) is 11.4 Å².